The molecule has 108 valence electrons. The van der Waals surface area contributed by atoms with E-state index in [1.54, 1.807) is 29.1 Å². The molecule has 2 aliphatic rings. The molecule has 3 rings (SSSR count). The summed E-state index contributed by atoms with van der Waals surface area (Å²) in [5, 5.41) is -0.486. The molecule has 1 fully saturated rings. The van der Waals surface area contributed by atoms with Crippen molar-refractivity contribution in [2.45, 2.75) is 18.6 Å². The molecule has 0 aromatic carbocycles. The van der Waals surface area contributed by atoms with E-state index in [2.05, 4.69) is 4.98 Å². The predicted molar refractivity (Wildman–Crippen MR) is 75.5 cm³/mol. The molecule has 1 atom stereocenters. The summed E-state index contributed by atoms with van der Waals surface area (Å²) in [4.78, 5) is 20.0. The number of urea groups is 1. The second-order valence-corrected chi connectivity index (χ2v) is 7.85. The van der Waals surface area contributed by atoms with Crippen LogP contribution in [0.25, 0.3) is 0 Å². The molecule has 0 spiro atoms. The zero-order valence-corrected chi connectivity index (χ0v) is 12.1. The molecular formula is C13H17N3O3S. The Hall–Kier alpha value is -1.63. The van der Waals surface area contributed by atoms with Gasteiger partial charge in [0.2, 0.25) is 0 Å². The van der Waals surface area contributed by atoms with Crippen molar-refractivity contribution in [3.63, 3.8) is 0 Å². The molecule has 0 unspecified atom stereocenters. The van der Waals surface area contributed by atoms with E-state index in [1.807, 2.05) is 6.07 Å². The lowest BCUT2D eigenvalue weighted by atomic mass is 10.2. The van der Waals surface area contributed by atoms with Crippen molar-refractivity contribution < 1.29 is 13.2 Å². The number of carbonyl (C=O) groups is 1. The van der Waals surface area contributed by atoms with Gasteiger partial charge in [-0.15, -0.1) is 0 Å². The molecule has 3 heterocycles. The Labute approximate surface area is 118 Å². The quantitative estimate of drug-likeness (QED) is 0.706. The Kier molecular flexibility index (Phi) is 3.16. The maximum Gasteiger partial charge on any atom is 0.324 e. The number of hydrogen-bond acceptors (Lipinski definition) is 4. The second kappa shape index (κ2) is 4.73. The average molecular weight is 295 g/mol. The molecule has 0 aliphatic carbocycles. The summed E-state index contributed by atoms with van der Waals surface area (Å²) in [6, 6.07) is 1.74. The number of sulfone groups is 1. The van der Waals surface area contributed by atoms with E-state index < -0.39 is 15.1 Å². The number of amides is 2. The van der Waals surface area contributed by atoms with Crippen LogP contribution in [0.5, 0.6) is 0 Å². The van der Waals surface area contributed by atoms with Gasteiger partial charge in [0.15, 0.2) is 9.84 Å². The minimum Gasteiger partial charge on any atom is -0.322 e. The zero-order chi connectivity index (χ0) is 14.3. The zero-order valence-electron chi connectivity index (χ0n) is 11.3. The van der Waals surface area contributed by atoms with E-state index in [0.717, 1.165) is 17.7 Å². The molecule has 0 bridgehead atoms. The molecule has 6 nitrogen and oxygen atoms in total. The molecule has 0 radical (unpaired) electrons. The van der Waals surface area contributed by atoms with Gasteiger partial charge in [0.05, 0.1) is 16.7 Å². The minimum absolute atomic E-state index is 0.0525. The maximum absolute atomic E-state index is 12.6. The number of pyridine rings is 1. The topological polar surface area (TPSA) is 70.6 Å². The summed E-state index contributed by atoms with van der Waals surface area (Å²) in [6.07, 6.45) is 4.26. The number of carbonyl (C=O) groups excluding carboxylic acids is 1. The van der Waals surface area contributed by atoms with Crippen molar-refractivity contribution in [3.8, 4) is 0 Å². The predicted octanol–water partition coefficient (Wildman–Crippen LogP) is 0.683. The maximum atomic E-state index is 12.6. The van der Waals surface area contributed by atoms with Crippen molar-refractivity contribution in [1.82, 2.24) is 9.88 Å². The van der Waals surface area contributed by atoms with Gasteiger partial charge >= 0.3 is 6.03 Å². The molecule has 7 heteroatoms. The molecule has 1 aromatic rings. The van der Waals surface area contributed by atoms with Crippen LogP contribution < -0.4 is 4.90 Å². The third-order valence-corrected chi connectivity index (χ3v) is 6.14. The van der Waals surface area contributed by atoms with E-state index >= 15 is 0 Å². The first kappa shape index (κ1) is 13.4. The lowest BCUT2D eigenvalue weighted by molar-refractivity contribution is 0.206. The Morgan fingerprint density at radius 1 is 1.40 bits per heavy atom. The fourth-order valence-corrected chi connectivity index (χ4v) is 4.01. The molecule has 0 N–H and O–H groups in total. The van der Waals surface area contributed by atoms with E-state index in [9.17, 15) is 13.2 Å². The van der Waals surface area contributed by atoms with Gasteiger partial charge in [-0.1, -0.05) is 0 Å². The van der Waals surface area contributed by atoms with Crippen LogP contribution in [-0.2, 0) is 16.3 Å². The minimum atomic E-state index is -3.03. The molecule has 2 amide bonds. The van der Waals surface area contributed by atoms with Crippen LogP contribution in [0, 0.1) is 0 Å². The lowest BCUT2D eigenvalue weighted by Gasteiger charge is -2.33. The van der Waals surface area contributed by atoms with Crippen LogP contribution in [0.15, 0.2) is 18.5 Å². The van der Waals surface area contributed by atoms with Crippen molar-refractivity contribution in [3.05, 3.63) is 24.0 Å². The molecule has 1 saturated heterocycles. The fraction of sp³-hybridized carbons (Fsp3) is 0.538. The highest BCUT2D eigenvalue weighted by Crippen LogP contribution is 2.28. The van der Waals surface area contributed by atoms with Gasteiger partial charge in [0.25, 0.3) is 0 Å². The van der Waals surface area contributed by atoms with Crippen molar-refractivity contribution >= 4 is 21.6 Å². The van der Waals surface area contributed by atoms with Crippen LogP contribution in [0.2, 0.25) is 0 Å². The number of hydrogen-bond donors (Lipinski definition) is 0. The standard InChI is InChI=1S/C13H17N3O3S/c1-10-9-15(6-7-20(10,18)19)13(17)16-5-3-11-8-14-4-2-12(11)16/h2,4,8,10H,3,5-7,9H2,1H3/t10-/m0/s1. The monoisotopic (exact) mass is 295 g/mol. The van der Waals surface area contributed by atoms with Crippen molar-refractivity contribution in [2.24, 2.45) is 0 Å². The lowest BCUT2D eigenvalue weighted by Crippen LogP contribution is -2.52. The van der Waals surface area contributed by atoms with Gasteiger partial charge in [0.1, 0.15) is 0 Å². The van der Waals surface area contributed by atoms with Gasteiger partial charge < -0.3 is 4.90 Å². The van der Waals surface area contributed by atoms with Gasteiger partial charge in [0, 0.05) is 32.0 Å². The third kappa shape index (κ3) is 2.15. The smallest absolute Gasteiger partial charge is 0.322 e. The molecular weight excluding hydrogens is 278 g/mol. The van der Waals surface area contributed by atoms with Crippen LogP contribution >= 0.6 is 0 Å². The number of aromatic nitrogens is 1. The SMILES string of the molecule is C[C@H]1CN(C(=O)N2CCc3cnccc32)CCS1(=O)=O. The highest BCUT2D eigenvalue weighted by Gasteiger charge is 2.35. The van der Waals surface area contributed by atoms with Gasteiger partial charge in [-0.3, -0.25) is 9.88 Å². The van der Waals surface area contributed by atoms with Crippen LogP contribution in [0.4, 0.5) is 10.5 Å². The molecule has 0 saturated carbocycles. The first-order valence-electron chi connectivity index (χ1n) is 6.70. The van der Waals surface area contributed by atoms with E-state index in [4.69, 9.17) is 0 Å². The van der Waals surface area contributed by atoms with Crippen LogP contribution in [0.3, 0.4) is 0 Å². The first-order chi connectivity index (χ1) is 9.49. The normalized spacial score (nSPS) is 24.6. The van der Waals surface area contributed by atoms with Crippen LogP contribution in [-0.4, -0.2) is 55.0 Å². The third-order valence-electron chi connectivity index (χ3n) is 4.01. The largest absolute Gasteiger partial charge is 0.324 e. The summed E-state index contributed by atoms with van der Waals surface area (Å²) in [5.41, 5.74) is 1.96. The Bertz CT molecular complexity index is 644. The number of rotatable bonds is 0. The number of nitrogens with zero attached hydrogens (tertiary/aromatic N) is 3. The highest BCUT2D eigenvalue weighted by atomic mass is 32.2. The Balaban J connectivity index is 1.78. The fourth-order valence-electron chi connectivity index (χ4n) is 2.73. The Morgan fingerprint density at radius 3 is 2.95 bits per heavy atom. The van der Waals surface area contributed by atoms with Gasteiger partial charge in [-0.05, 0) is 25.0 Å². The first-order valence-corrected chi connectivity index (χ1v) is 8.41. The highest BCUT2D eigenvalue weighted by molar-refractivity contribution is 7.92. The number of fused-ring (bicyclic) bond motifs is 1. The van der Waals surface area contributed by atoms with E-state index in [-0.39, 0.29) is 24.9 Å². The van der Waals surface area contributed by atoms with Crippen LogP contribution in [0.1, 0.15) is 12.5 Å². The summed E-state index contributed by atoms with van der Waals surface area (Å²) >= 11 is 0. The summed E-state index contributed by atoms with van der Waals surface area (Å²) in [7, 11) is -3.03. The summed E-state index contributed by atoms with van der Waals surface area (Å²) in [5.74, 6) is 0.0525. The molecule has 20 heavy (non-hydrogen) atoms. The summed E-state index contributed by atoms with van der Waals surface area (Å²) < 4.78 is 23.4. The van der Waals surface area contributed by atoms with Crippen molar-refractivity contribution in [1.29, 1.82) is 0 Å². The van der Waals surface area contributed by atoms with Crippen molar-refractivity contribution in [2.75, 3.05) is 30.3 Å². The second-order valence-electron chi connectivity index (χ2n) is 5.31. The summed E-state index contributed by atoms with van der Waals surface area (Å²) in [6.45, 7) is 2.86. The van der Waals surface area contributed by atoms with E-state index in [0.29, 0.717) is 6.54 Å². The molecule has 2 aliphatic heterocycles. The van der Waals surface area contributed by atoms with Gasteiger partial charge in [-0.2, -0.15) is 0 Å². The molecule has 1 aromatic heterocycles. The van der Waals surface area contributed by atoms with E-state index in [1.165, 1.54) is 0 Å². The average Bonchev–Trinajstić information content (AvgIpc) is 2.85. The van der Waals surface area contributed by atoms with Gasteiger partial charge in [-0.25, -0.2) is 13.2 Å². The Morgan fingerprint density at radius 2 is 2.20 bits per heavy atom. The number of anilines is 1.